The van der Waals surface area contributed by atoms with Crippen molar-refractivity contribution in [1.82, 2.24) is 5.32 Å². The quantitative estimate of drug-likeness (QED) is 0.838. The molecule has 2 atom stereocenters. The van der Waals surface area contributed by atoms with Crippen molar-refractivity contribution in [3.05, 3.63) is 63.9 Å². The highest BCUT2D eigenvalue weighted by molar-refractivity contribution is 6.35. The third-order valence-electron chi connectivity index (χ3n) is 3.30. The molecule has 0 heterocycles. The Morgan fingerprint density at radius 1 is 1.13 bits per heavy atom. The molecular formula is C17H16Cl2FNO2. The highest BCUT2D eigenvalue weighted by Gasteiger charge is 2.18. The second-order valence-corrected chi connectivity index (χ2v) is 5.96. The highest BCUT2D eigenvalue weighted by atomic mass is 35.5. The third-order valence-corrected chi connectivity index (χ3v) is 3.83. The van der Waals surface area contributed by atoms with Gasteiger partial charge in [-0.15, -0.1) is 0 Å². The van der Waals surface area contributed by atoms with Crippen LogP contribution in [0.4, 0.5) is 4.39 Å². The van der Waals surface area contributed by atoms with Crippen LogP contribution in [0.2, 0.25) is 10.0 Å². The fraction of sp³-hybridized carbons (Fsp3) is 0.235. The van der Waals surface area contributed by atoms with Gasteiger partial charge in [-0.2, -0.15) is 0 Å². The van der Waals surface area contributed by atoms with E-state index < -0.39 is 6.10 Å². The lowest BCUT2D eigenvalue weighted by Crippen LogP contribution is -2.37. The van der Waals surface area contributed by atoms with Gasteiger partial charge in [0.25, 0.3) is 5.91 Å². The Kier molecular flexibility index (Phi) is 5.85. The maximum Gasteiger partial charge on any atom is 0.261 e. The summed E-state index contributed by atoms with van der Waals surface area (Å²) in [6, 6.07) is 10.5. The molecule has 0 aliphatic heterocycles. The Balaban J connectivity index is 1.98. The van der Waals surface area contributed by atoms with E-state index in [1.807, 2.05) is 6.92 Å². The molecule has 3 nitrogen and oxygen atoms in total. The molecule has 0 aliphatic rings. The summed E-state index contributed by atoms with van der Waals surface area (Å²) in [7, 11) is 0. The number of nitrogens with one attached hydrogen (secondary N) is 1. The first-order valence-corrected chi connectivity index (χ1v) is 7.80. The normalized spacial score (nSPS) is 13.3. The summed E-state index contributed by atoms with van der Waals surface area (Å²) in [6.45, 7) is 3.44. The summed E-state index contributed by atoms with van der Waals surface area (Å²) < 4.78 is 18.5. The van der Waals surface area contributed by atoms with Crippen molar-refractivity contribution in [2.45, 2.75) is 26.0 Å². The molecule has 0 aliphatic carbocycles. The van der Waals surface area contributed by atoms with Gasteiger partial charge in [0.1, 0.15) is 11.6 Å². The number of carbonyl (C=O) groups excluding carboxylic acids is 1. The smallest absolute Gasteiger partial charge is 0.261 e. The molecule has 0 saturated heterocycles. The number of benzene rings is 2. The topological polar surface area (TPSA) is 38.3 Å². The predicted molar refractivity (Wildman–Crippen MR) is 89.5 cm³/mol. The van der Waals surface area contributed by atoms with Crippen molar-refractivity contribution in [2.24, 2.45) is 0 Å². The van der Waals surface area contributed by atoms with Gasteiger partial charge in [-0.1, -0.05) is 35.3 Å². The predicted octanol–water partition coefficient (Wildman–Crippen LogP) is 4.78. The Bertz CT molecular complexity index is 691. The molecule has 122 valence electrons. The molecule has 2 rings (SSSR count). The van der Waals surface area contributed by atoms with Crippen molar-refractivity contribution >= 4 is 29.1 Å². The fourth-order valence-corrected chi connectivity index (χ4v) is 2.43. The summed E-state index contributed by atoms with van der Waals surface area (Å²) >= 11 is 11.8. The summed E-state index contributed by atoms with van der Waals surface area (Å²) in [5.41, 5.74) is 0.802. The lowest BCUT2D eigenvalue weighted by atomic mass is 10.1. The van der Waals surface area contributed by atoms with E-state index in [2.05, 4.69) is 5.32 Å². The van der Waals surface area contributed by atoms with Crippen LogP contribution in [0, 0.1) is 5.82 Å². The van der Waals surface area contributed by atoms with E-state index in [0.717, 1.165) is 5.56 Å². The molecule has 0 bridgehead atoms. The van der Waals surface area contributed by atoms with E-state index >= 15 is 0 Å². The van der Waals surface area contributed by atoms with Gasteiger partial charge in [-0.3, -0.25) is 4.79 Å². The molecule has 23 heavy (non-hydrogen) atoms. The molecule has 0 fully saturated rings. The van der Waals surface area contributed by atoms with E-state index in [0.29, 0.717) is 15.8 Å². The molecule has 0 aromatic heterocycles. The number of rotatable bonds is 5. The summed E-state index contributed by atoms with van der Waals surface area (Å²) in [5, 5.41) is 3.64. The minimum Gasteiger partial charge on any atom is -0.479 e. The van der Waals surface area contributed by atoms with Crippen molar-refractivity contribution in [1.29, 1.82) is 0 Å². The van der Waals surface area contributed by atoms with Crippen molar-refractivity contribution in [3.63, 3.8) is 0 Å². The van der Waals surface area contributed by atoms with E-state index in [9.17, 15) is 9.18 Å². The standard InChI is InChI=1S/C17H16Cl2FNO2/c1-10(12-3-6-14(20)7-4-12)21-17(22)11(2)23-16-8-5-13(18)9-15(16)19/h3-11H,1-2H3,(H,21,22)/t10-,11-/m1/s1. The van der Waals surface area contributed by atoms with Crippen molar-refractivity contribution in [3.8, 4) is 5.75 Å². The average Bonchev–Trinajstić information content (AvgIpc) is 2.50. The molecule has 0 unspecified atom stereocenters. The Hall–Kier alpha value is -1.78. The van der Waals surface area contributed by atoms with E-state index in [4.69, 9.17) is 27.9 Å². The average molecular weight is 356 g/mol. The SMILES string of the molecule is C[C@@H](Oc1ccc(Cl)cc1Cl)C(=O)N[C@H](C)c1ccc(F)cc1. The molecule has 2 aromatic carbocycles. The largest absolute Gasteiger partial charge is 0.479 e. The van der Waals surface area contributed by atoms with Crippen LogP contribution in [-0.2, 0) is 4.79 Å². The van der Waals surface area contributed by atoms with E-state index in [1.165, 1.54) is 12.1 Å². The van der Waals surface area contributed by atoms with E-state index in [1.54, 1.807) is 37.3 Å². The number of hydrogen-bond donors (Lipinski definition) is 1. The third kappa shape index (κ3) is 4.85. The minimum absolute atomic E-state index is 0.269. The molecule has 1 N–H and O–H groups in total. The summed E-state index contributed by atoms with van der Waals surface area (Å²) in [6.07, 6.45) is -0.739. The van der Waals surface area contributed by atoms with E-state index in [-0.39, 0.29) is 17.8 Å². The Labute approximate surface area is 144 Å². The van der Waals surface area contributed by atoms with Crippen LogP contribution in [0.25, 0.3) is 0 Å². The van der Waals surface area contributed by atoms with Crippen LogP contribution < -0.4 is 10.1 Å². The summed E-state index contributed by atoms with van der Waals surface area (Å²) in [5.74, 6) is -0.234. The van der Waals surface area contributed by atoms with Gasteiger partial charge in [0.15, 0.2) is 6.10 Å². The van der Waals surface area contributed by atoms with Gasteiger partial charge >= 0.3 is 0 Å². The van der Waals surface area contributed by atoms with Gasteiger partial charge in [0, 0.05) is 5.02 Å². The second kappa shape index (κ2) is 7.66. The first kappa shape index (κ1) is 17.6. The Morgan fingerprint density at radius 2 is 1.78 bits per heavy atom. The van der Waals surface area contributed by atoms with Crippen LogP contribution in [0.1, 0.15) is 25.5 Å². The van der Waals surface area contributed by atoms with Crippen molar-refractivity contribution < 1.29 is 13.9 Å². The number of carbonyl (C=O) groups is 1. The van der Waals surface area contributed by atoms with Crippen LogP contribution in [-0.4, -0.2) is 12.0 Å². The second-order valence-electron chi connectivity index (χ2n) is 5.12. The Morgan fingerprint density at radius 3 is 2.39 bits per heavy atom. The number of hydrogen-bond acceptors (Lipinski definition) is 2. The van der Waals surface area contributed by atoms with Gasteiger partial charge in [-0.25, -0.2) is 4.39 Å². The van der Waals surface area contributed by atoms with Gasteiger partial charge in [0.05, 0.1) is 11.1 Å². The zero-order chi connectivity index (χ0) is 17.0. The van der Waals surface area contributed by atoms with Gasteiger partial charge in [0.2, 0.25) is 0 Å². The molecular weight excluding hydrogens is 340 g/mol. The zero-order valence-electron chi connectivity index (χ0n) is 12.6. The molecule has 0 saturated carbocycles. The summed E-state index contributed by atoms with van der Waals surface area (Å²) in [4.78, 5) is 12.2. The van der Waals surface area contributed by atoms with Crippen LogP contribution >= 0.6 is 23.2 Å². The maximum atomic E-state index is 12.9. The lowest BCUT2D eigenvalue weighted by Gasteiger charge is -2.19. The minimum atomic E-state index is -0.739. The number of halogens is 3. The fourth-order valence-electron chi connectivity index (χ4n) is 1.98. The number of ether oxygens (including phenoxy) is 1. The van der Waals surface area contributed by atoms with Gasteiger partial charge in [-0.05, 0) is 49.7 Å². The van der Waals surface area contributed by atoms with Crippen LogP contribution in [0.15, 0.2) is 42.5 Å². The molecule has 1 amide bonds. The zero-order valence-corrected chi connectivity index (χ0v) is 14.2. The van der Waals surface area contributed by atoms with Crippen molar-refractivity contribution in [2.75, 3.05) is 0 Å². The molecule has 2 aromatic rings. The van der Waals surface area contributed by atoms with Crippen LogP contribution in [0.5, 0.6) is 5.75 Å². The maximum absolute atomic E-state index is 12.9. The number of amides is 1. The first-order valence-electron chi connectivity index (χ1n) is 7.04. The first-order chi connectivity index (χ1) is 10.9. The molecule has 6 heteroatoms. The molecule has 0 radical (unpaired) electrons. The van der Waals surface area contributed by atoms with Crippen LogP contribution in [0.3, 0.4) is 0 Å². The monoisotopic (exact) mass is 355 g/mol. The molecule has 0 spiro atoms. The lowest BCUT2D eigenvalue weighted by molar-refractivity contribution is -0.127. The highest BCUT2D eigenvalue weighted by Crippen LogP contribution is 2.28. The van der Waals surface area contributed by atoms with Gasteiger partial charge < -0.3 is 10.1 Å².